The molecule has 0 spiro atoms. The molecule has 244 valence electrons. The second-order valence-electron chi connectivity index (χ2n) is 12.8. The minimum absolute atomic E-state index is 0.147. The van der Waals surface area contributed by atoms with Crippen molar-refractivity contribution in [2.75, 3.05) is 69.0 Å². The smallest absolute Gasteiger partial charge is 0.318 e. The number of alkyl halides is 1. The van der Waals surface area contributed by atoms with Crippen molar-refractivity contribution in [1.29, 1.82) is 5.26 Å². The molecular formula is C36H40FN7O3. The second-order valence-corrected chi connectivity index (χ2v) is 12.8. The number of carbonyl (C=O) groups excluding carboxylic acids is 1. The average Bonchev–Trinajstić information content (AvgIpc) is 3.72. The summed E-state index contributed by atoms with van der Waals surface area (Å²) in [5, 5.41) is 12.1. The number of carbonyl (C=O) groups is 1. The Morgan fingerprint density at radius 2 is 2.00 bits per heavy atom. The van der Waals surface area contributed by atoms with Crippen LogP contribution in [0.2, 0.25) is 0 Å². The third-order valence-electron chi connectivity index (χ3n) is 9.92. The normalized spacial score (nSPS) is 22.1. The molecule has 10 nitrogen and oxygen atoms in total. The number of likely N-dealkylation sites (tertiary alicyclic amines) is 1. The summed E-state index contributed by atoms with van der Waals surface area (Å²) in [7, 11) is 0. The summed E-state index contributed by atoms with van der Waals surface area (Å²) < 4.78 is 24.7. The summed E-state index contributed by atoms with van der Waals surface area (Å²) in [6.07, 6.45) is 3.26. The molecular weight excluding hydrogens is 597 g/mol. The van der Waals surface area contributed by atoms with Crippen molar-refractivity contribution in [2.24, 2.45) is 0 Å². The predicted molar refractivity (Wildman–Crippen MR) is 177 cm³/mol. The Hall–Kier alpha value is -4.45. The van der Waals surface area contributed by atoms with Crippen LogP contribution in [0.5, 0.6) is 6.01 Å². The number of hydrogen-bond donors (Lipinski definition) is 0. The summed E-state index contributed by atoms with van der Waals surface area (Å²) >= 11 is 0. The zero-order valence-electron chi connectivity index (χ0n) is 26.8. The minimum Gasteiger partial charge on any atom is -0.463 e. The Balaban J connectivity index is 1.15. The maximum absolute atomic E-state index is 12.7. The first-order chi connectivity index (χ1) is 23.0. The Morgan fingerprint density at radius 3 is 2.79 bits per heavy atom. The van der Waals surface area contributed by atoms with E-state index in [2.05, 4.69) is 75.9 Å². The molecule has 3 saturated heterocycles. The van der Waals surface area contributed by atoms with Crippen LogP contribution in [0, 0.1) is 30.1 Å². The number of aryl methyl sites for hydroxylation is 1. The third kappa shape index (κ3) is 6.43. The number of nitriles is 1. The third-order valence-corrected chi connectivity index (χ3v) is 9.92. The lowest BCUT2D eigenvalue weighted by Crippen LogP contribution is -2.55. The van der Waals surface area contributed by atoms with E-state index >= 15 is 0 Å². The highest BCUT2D eigenvalue weighted by atomic mass is 19.1. The standard InChI is InChI=1S/C36H40FN7O3/c1-25-6-2-7-26-8-3-9-32(34(25)26)42-16-12-30-31(23-42)39-36(46-19-5-15-41-22-29-20-28(41)24-47-29)40-35(30)43-17-18-44(27(21-43)11-14-38)33(45)10-4-13-37/h2-3,6-9,27-29H,5,11-13,15-24H2,1H3/t27-,28-,29-/m0/s1. The van der Waals surface area contributed by atoms with Gasteiger partial charge in [0.15, 0.2) is 6.67 Å². The summed E-state index contributed by atoms with van der Waals surface area (Å²) in [6.45, 7) is 7.26. The Labute approximate surface area is 275 Å². The lowest BCUT2D eigenvalue weighted by atomic mass is 9.99. The van der Waals surface area contributed by atoms with Crippen LogP contribution in [-0.4, -0.2) is 103 Å². The molecule has 2 aromatic carbocycles. The molecule has 2 bridgehead atoms. The zero-order chi connectivity index (χ0) is 32.3. The number of nitrogens with zero attached hydrogens (tertiary/aromatic N) is 7. The first-order valence-corrected chi connectivity index (χ1v) is 16.6. The van der Waals surface area contributed by atoms with E-state index in [-0.39, 0.29) is 12.5 Å². The number of benzene rings is 2. The molecule has 0 unspecified atom stereocenters. The number of fused-ring (bicyclic) bond motifs is 4. The van der Waals surface area contributed by atoms with Crippen molar-refractivity contribution in [3.05, 3.63) is 53.2 Å². The number of morpholine rings is 1. The first-order valence-electron chi connectivity index (χ1n) is 16.6. The van der Waals surface area contributed by atoms with Gasteiger partial charge in [0, 0.05) is 61.9 Å². The number of hydrogen-bond acceptors (Lipinski definition) is 9. The van der Waals surface area contributed by atoms with Gasteiger partial charge in [-0.1, -0.05) is 36.3 Å². The molecule has 0 radical (unpaired) electrons. The molecule has 1 amide bonds. The van der Waals surface area contributed by atoms with Gasteiger partial charge in [-0.15, -0.1) is 0 Å². The van der Waals surface area contributed by atoms with Gasteiger partial charge in [-0.2, -0.15) is 15.2 Å². The highest BCUT2D eigenvalue weighted by Gasteiger charge is 2.38. The topological polar surface area (TPSA) is 98.1 Å². The quantitative estimate of drug-likeness (QED) is 0.271. The van der Waals surface area contributed by atoms with Crippen LogP contribution in [0.4, 0.5) is 15.9 Å². The Kier molecular flexibility index (Phi) is 9.10. The van der Waals surface area contributed by atoms with Gasteiger partial charge in [-0.25, -0.2) is 4.39 Å². The van der Waals surface area contributed by atoms with E-state index in [1.807, 2.05) is 0 Å². The number of piperazine rings is 1. The fourth-order valence-electron chi connectivity index (χ4n) is 7.65. The van der Waals surface area contributed by atoms with E-state index in [9.17, 15) is 14.4 Å². The maximum atomic E-state index is 12.7. The summed E-state index contributed by atoms with van der Waals surface area (Å²) in [5.74, 6) is 4.95. The number of amides is 1. The van der Waals surface area contributed by atoms with Crippen molar-refractivity contribution in [2.45, 2.75) is 57.3 Å². The molecule has 4 aliphatic heterocycles. The average molecular weight is 638 g/mol. The molecule has 47 heavy (non-hydrogen) atoms. The molecule has 0 saturated carbocycles. The second kappa shape index (κ2) is 13.7. The van der Waals surface area contributed by atoms with E-state index in [1.165, 1.54) is 22.0 Å². The lowest BCUT2D eigenvalue weighted by molar-refractivity contribution is -0.127. The minimum atomic E-state index is -0.882. The van der Waals surface area contributed by atoms with Gasteiger partial charge in [-0.05, 0) is 49.1 Å². The van der Waals surface area contributed by atoms with Gasteiger partial charge < -0.3 is 24.2 Å². The van der Waals surface area contributed by atoms with Gasteiger partial charge in [0.2, 0.25) is 0 Å². The van der Waals surface area contributed by atoms with Crippen LogP contribution in [0.25, 0.3) is 10.8 Å². The van der Waals surface area contributed by atoms with Crippen LogP contribution in [0.1, 0.15) is 36.1 Å². The molecule has 11 heteroatoms. The molecule has 3 fully saturated rings. The Bertz CT molecular complexity index is 1740. The number of ether oxygens (including phenoxy) is 2. The van der Waals surface area contributed by atoms with Crippen molar-refractivity contribution in [3.63, 3.8) is 0 Å². The molecule has 4 aliphatic rings. The van der Waals surface area contributed by atoms with Crippen LogP contribution in [0.15, 0.2) is 36.4 Å². The molecule has 1 aromatic heterocycles. The number of anilines is 2. The molecule has 7 rings (SSSR count). The van der Waals surface area contributed by atoms with Gasteiger partial charge in [-0.3, -0.25) is 9.69 Å². The Morgan fingerprint density at radius 1 is 1.13 bits per heavy atom. The van der Waals surface area contributed by atoms with Crippen molar-refractivity contribution in [1.82, 2.24) is 19.8 Å². The summed E-state index contributed by atoms with van der Waals surface area (Å²) in [5.41, 5.74) is 4.43. The molecule has 3 atom stereocenters. The van der Waals surface area contributed by atoms with Crippen molar-refractivity contribution >= 4 is 28.2 Å². The van der Waals surface area contributed by atoms with Gasteiger partial charge in [0.1, 0.15) is 5.82 Å². The molecule has 0 aliphatic carbocycles. The highest BCUT2D eigenvalue weighted by Crippen LogP contribution is 2.36. The molecule has 3 aromatic rings. The van der Waals surface area contributed by atoms with Gasteiger partial charge >= 0.3 is 6.01 Å². The van der Waals surface area contributed by atoms with Crippen LogP contribution < -0.4 is 14.5 Å². The summed E-state index contributed by atoms with van der Waals surface area (Å²) in [6, 6.07) is 15.6. The number of rotatable bonds is 8. The maximum Gasteiger partial charge on any atom is 0.318 e. The molecule has 5 heterocycles. The zero-order valence-corrected chi connectivity index (χ0v) is 26.8. The van der Waals surface area contributed by atoms with Gasteiger partial charge in [0.25, 0.3) is 5.91 Å². The molecule has 0 N–H and O–H groups in total. The van der Waals surface area contributed by atoms with E-state index in [1.54, 1.807) is 4.90 Å². The fourth-order valence-corrected chi connectivity index (χ4v) is 7.65. The van der Waals surface area contributed by atoms with Crippen molar-refractivity contribution in [3.8, 4) is 23.9 Å². The number of aromatic nitrogens is 2. The summed E-state index contributed by atoms with van der Waals surface area (Å²) in [4.78, 5) is 31.3. The monoisotopic (exact) mass is 637 g/mol. The van der Waals surface area contributed by atoms with E-state index in [0.717, 1.165) is 62.6 Å². The predicted octanol–water partition coefficient (Wildman–Crippen LogP) is 3.65. The first kappa shape index (κ1) is 31.2. The van der Waals surface area contributed by atoms with Crippen LogP contribution in [-0.2, 0) is 22.5 Å². The van der Waals surface area contributed by atoms with Gasteiger partial charge in [0.05, 0.1) is 50.1 Å². The SMILES string of the molecule is Cc1cccc2cccc(N3CCc4c(nc(OCCCN5C[C@@H]6C[C@H]5CO6)nc4N4CCN(C(=O)C#CCF)[C@@H](CC#N)C4)C3)c12. The van der Waals surface area contributed by atoms with Crippen LogP contribution >= 0.6 is 0 Å². The van der Waals surface area contributed by atoms with E-state index in [0.29, 0.717) is 50.9 Å². The number of halogens is 1. The fraction of sp³-hybridized carbons (Fsp3) is 0.500. The largest absolute Gasteiger partial charge is 0.463 e. The van der Waals surface area contributed by atoms with Crippen molar-refractivity contribution < 1.29 is 18.7 Å². The lowest BCUT2D eigenvalue weighted by Gasteiger charge is -2.41. The highest BCUT2D eigenvalue weighted by molar-refractivity contribution is 5.97. The van der Waals surface area contributed by atoms with E-state index in [4.69, 9.17) is 19.4 Å². The van der Waals surface area contributed by atoms with E-state index < -0.39 is 12.6 Å². The van der Waals surface area contributed by atoms with Crippen LogP contribution in [0.3, 0.4) is 0 Å².